The number of Topliss-reactive ketones (excluding diaryl/α,β-unsaturated/α-hetero) is 1. The molecular weight excluding hydrogens is 718 g/mol. The van der Waals surface area contributed by atoms with E-state index in [-0.39, 0.29) is 24.1 Å². The predicted octanol–water partition coefficient (Wildman–Crippen LogP) is 3.23. The number of hydrogen-bond donors (Lipinski definition) is 3. The van der Waals surface area contributed by atoms with Gasteiger partial charge < -0.3 is 49.6 Å². The molecule has 0 saturated heterocycles. The number of nitrogen functional groups attached to an aromatic ring is 2. The van der Waals surface area contributed by atoms with Crippen molar-refractivity contribution in [2.24, 2.45) is 5.11 Å². The van der Waals surface area contributed by atoms with Crippen LogP contribution in [-0.4, -0.2) is 129 Å². The summed E-state index contributed by atoms with van der Waals surface area (Å²) in [6, 6.07) is 5.61. The number of aromatic nitrogens is 5. The highest BCUT2D eigenvalue weighted by molar-refractivity contribution is 5.99. The number of carbonyl (C=O) groups excluding carboxylic acids is 2. The Bertz CT molecular complexity index is 1800. The van der Waals surface area contributed by atoms with Gasteiger partial charge in [-0.25, -0.2) is 14.6 Å². The Morgan fingerprint density at radius 1 is 0.818 bits per heavy atom. The molecule has 3 heterocycles. The number of nitrogens with one attached hydrogen (secondary N) is 1. The topological polar surface area (TPSA) is 272 Å². The summed E-state index contributed by atoms with van der Waals surface area (Å²) in [6.07, 6.45) is 4.96. The Hall–Kier alpha value is -4.95. The van der Waals surface area contributed by atoms with Gasteiger partial charge >= 0.3 is 0 Å². The summed E-state index contributed by atoms with van der Waals surface area (Å²) in [5.41, 5.74) is 23.4. The molecule has 0 saturated carbocycles. The summed E-state index contributed by atoms with van der Waals surface area (Å²) < 4.78 is 39.7. The van der Waals surface area contributed by atoms with Gasteiger partial charge in [-0.05, 0) is 36.6 Å². The molecule has 5 N–H and O–H groups in total. The number of fused-ring (bicyclic) bond motifs is 2. The molecule has 20 heteroatoms. The van der Waals surface area contributed by atoms with Crippen molar-refractivity contribution in [2.75, 3.05) is 104 Å². The summed E-state index contributed by atoms with van der Waals surface area (Å²) in [6.45, 7) is 5.87. The van der Waals surface area contributed by atoms with Crippen LogP contribution in [0.15, 0.2) is 34.1 Å². The van der Waals surface area contributed by atoms with E-state index in [0.717, 1.165) is 24.8 Å². The second-order valence-corrected chi connectivity index (χ2v) is 12.1. The van der Waals surface area contributed by atoms with Crippen molar-refractivity contribution in [3.8, 4) is 11.3 Å². The SMILES string of the molecule is [N-]=[N+]=NCCOCCOCCOCCC(=O)NCCOCCOCCOCCC(=O)CCCCCn1nc(-c2ccc3oc(N)nc3c2)c2c(N)ncnc21. The van der Waals surface area contributed by atoms with Crippen molar-refractivity contribution in [3.63, 3.8) is 0 Å². The highest BCUT2D eigenvalue weighted by atomic mass is 16.5. The lowest BCUT2D eigenvalue weighted by molar-refractivity contribution is -0.123. The first kappa shape index (κ1) is 42.8. The van der Waals surface area contributed by atoms with Gasteiger partial charge in [-0.3, -0.25) is 9.59 Å². The summed E-state index contributed by atoms with van der Waals surface area (Å²) in [5.74, 6) is 0.385. The van der Waals surface area contributed by atoms with Gasteiger partial charge in [-0.1, -0.05) is 11.5 Å². The van der Waals surface area contributed by atoms with Crippen LogP contribution in [0.1, 0.15) is 38.5 Å². The second-order valence-electron chi connectivity index (χ2n) is 12.1. The number of nitrogens with zero attached hydrogens (tertiary/aromatic N) is 8. The van der Waals surface area contributed by atoms with Crippen molar-refractivity contribution in [3.05, 3.63) is 35.0 Å². The summed E-state index contributed by atoms with van der Waals surface area (Å²) in [7, 11) is 0. The molecule has 20 nitrogen and oxygen atoms in total. The third-order valence-corrected chi connectivity index (χ3v) is 8.02. The third-order valence-electron chi connectivity index (χ3n) is 8.02. The van der Waals surface area contributed by atoms with Gasteiger partial charge in [0.15, 0.2) is 11.2 Å². The minimum absolute atomic E-state index is 0.0958. The van der Waals surface area contributed by atoms with Gasteiger partial charge in [0.1, 0.15) is 29.1 Å². The molecular formula is C35H51N11O9. The number of oxazole rings is 1. The maximum absolute atomic E-state index is 12.3. The number of nitrogens with two attached hydrogens (primary N) is 2. The van der Waals surface area contributed by atoms with Gasteiger partial charge in [0.25, 0.3) is 6.01 Å². The molecule has 3 aromatic heterocycles. The zero-order valence-corrected chi connectivity index (χ0v) is 31.1. The number of benzene rings is 1. The van der Waals surface area contributed by atoms with Crippen LogP contribution in [0.25, 0.3) is 43.8 Å². The van der Waals surface area contributed by atoms with Gasteiger partial charge in [-0.2, -0.15) is 10.1 Å². The normalized spacial score (nSPS) is 11.3. The second kappa shape index (κ2) is 25.2. The van der Waals surface area contributed by atoms with E-state index in [0.29, 0.717) is 145 Å². The number of azide groups is 1. The van der Waals surface area contributed by atoms with E-state index in [1.165, 1.54) is 6.33 Å². The van der Waals surface area contributed by atoms with E-state index < -0.39 is 0 Å². The number of ketones is 1. The van der Waals surface area contributed by atoms with Crippen LogP contribution in [0.4, 0.5) is 11.8 Å². The lowest BCUT2D eigenvalue weighted by Crippen LogP contribution is -2.28. The number of anilines is 2. The molecule has 0 aliphatic heterocycles. The van der Waals surface area contributed by atoms with Crippen LogP contribution in [-0.2, 0) is 44.6 Å². The zero-order valence-electron chi connectivity index (χ0n) is 31.1. The molecule has 0 aliphatic carbocycles. The van der Waals surface area contributed by atoms with Crippen LogP contribution in [0.2, 0.25) is 0 Å². The van der Waals surface area contributed by atoms with E-state index in [9.17, 15) is 9.59 Å². The van der Waals surface area contributed by atoms with Crippen molar-refractivity contribution in [1.82, 2.24) is 30.0 Å². The maximum atomic E-state index is 12.3. The lowest BCUT2D eigenvalue weighted by Gasteiger charge is -2.08. The Labute approximate surface area is 318 Å². The first-order valence-electron chi connectivity index (χ1n) is 18.4. The first-order valence-corrected chi connectivity index (χ1v) is 18.4. The monoisotopic (exact) mass is 769 g/mol. The Morgan fingerprint density at radius 2 is 1.49 bits per heavy atom. The highest BCUT2D eigenvalue weighted by Crippen LogP contribution is 2.32. The molecule has 300 valence electrons. The fraction of sp³-hybridized carbons (Fsp3) is 0.600. The summed E-state index contributed by atoms with van der Waals surface area (Å²) >= 11 is 0. The smallest absolute Gasteiger partial charge is 0.292 e. The number of unbranched alkanes of at least 4 members (excludes halogenated alkanes) is 2. The van der Waals surface area contributed by atoms with E-state index >= 15 is 0 Å². The van der Waals surface area contributed by atoms with E-state index in [4.69, 9.17) is 54.9 Å². The van der Waals surface area contributed by atoms with Crippen LogP contribution >= 0.6 is 0 Å². The van der Waals surface area contributed by atoms with E-state index in [2.05, 4.69) is 30.3 Å². The molecule has 0 spiro atoms. The summed E-state index contributed by atoms with van der Waals surface area (Å²) in [5, 5.41) is 11.6. The highest BCUT2D eigenvalue weighted by Gasteiger charge is 2.18. The van der Waals surface area contributed by atoms with Crippen molar-refractivity contribution < 1.29 is 42.4 Å². The van der Waals surface area contributed by atoms with Crippen LogP contribution < -0.4 is 16.8 Å². The standard InChI is InChI=1S/C35H51N11O9/c36-33-31-32(26-5-6-29-28(24-26)43-35(37)55-29)44-46(34(31)41-25-40-33)11-3-1-2-4-27(47)7-12-49-16-20-53-22-18-51-14-9-39-30(48)8-13-50-17-21-54-23-19-52-15-10-42-45-38/h5-6,24-25H,1-4,7-23H2,(H2,37,43)(H,39,48)(H2,36,40,41). The molecule has 1 amide bonds. The number of amides is 1. The van der Waals surface area contributed by atoms with E-state index in [1.54, 1.807) is 6.07 Å². The largest absolute Gasteiger partial charge is 0.424 e. The molecule has 55 heavy (non-hydrogen) atoms. The Balaban J connectivity index is 0.932. The van der Waals surface area contributed by atoms with Crippen molar-refractivity contribution >= 4 is 45.7 Å². The van der Waals surface area contributed by atoms with E-state index in [1.807, 2.05) is 16.8 Å². The molecule has 0 unspecified atom stereocenters. The molecule has 1 aromatic carbocycles. The van der Waals surface area contributed by atoms with Crippen molar-refractivity contribution in [1.29, 1.82) is 0 Å². The fourth-order valence-corrected chi connectivity index (χ4v) is 5.30. The Morgan fingerprint density at radius 3 is 2.22 bits per heavy atom. The molecule has 0 aliphatic rings. The van der Waals surface area contributed by atoms with Crippen molar-refractivity contribution in [2.45, 2.75) is 45.1 Å². The van der Waals surface area contributed by atoms with Gasteiger partial charge in [-0.15, -0.1) is 0 Å². The lowest BCUT2D eigenvalue weighted by atomic mass is 10.1. The number of rotatable bonds is 31. The molecule has 0 radical (unpaired) electrons. The van der Waals surface area contributed by atoms with Gasteiger partial charge in [0, 0.05) is 49.4 Å². The van der Waals surface area contributed by atoms with Crippen LogP contribution in [0.5, 0.6) is 0 Å². The molecule has 0 bridgehead atoms. The molecule has 0 fully saturated rings. The number of hydrogen-bond acceptors (Lipinski definition) is 16. The average Bonchev–Trinajstić information content (AvgIpc) is 3.75. The maximum Gasteiger partial charge on any atom is 0.292 e. The quantitative estimate of drug-likeness (QED) is 0.0287. The zero-order chi connectivity index (χ0) is 38.9. The number of ether oxygens (including phenoxy) is 6. The first-order chi connectivity index (χ1) is 27.0. The minimum Gasteiger partial charge on any atom is -0.424 e. The average molecular weight is 770 g/mol. The Kier molecular flexibility index (Phi) is 19.6. The fourth-order valence-electron chi connectivity index (χ4n) is 5.30. The third kappa shape index (κ3) is 15.7. The minimum atomic E-state index is -0.118. The van der Waals surface area contributed by atoms with Crippen LogP contribution in [0, 0.1) is 0 Å². The van der Waals surface area contributed by atoms with Gasteiger partial charge in [0.05, 0.1) is 84.7 Å². The molecule has 0 atom stereocenters. The van der Waals surface area contributed by atoms with Crippen LogP contribution in [0.3, 0.4) is 0 Å². The predicted molar refractivity (Wildman–Crippen MR) is 202 cm³/mol. The molecule has 4 aromatic rings. The van der Waals surface area contributed by atoms with Gasteiger partial charge in [0.2, 0.25) is 5.91 Å². The number of carbonyl (C=O) groups is 2. The summed E-state index contributed by atoms with van der Waals surface area (Å²) in [4.78, 5) is 39.7. The number of aryl methyl sites for hydroxylation is 1. The molecule has 4 rings (SSSR count).